The maximum atomic E-state index is 12.5. The third kappa shape index (κ3) is 4.86. The quantitative estimate of drug-likeness (QED) is 0.685. The maximum absolute atomic E-state index is 12.5. The molecule has 0 bridgehead atoms. The van der Waals surface area contributed by atoms with E-state index in [0.29, 0.717) is 50.7 Å². The van der Waals surface area contributed by atoms with E-state index in [-0.39, 0.29) is 23.6 Å². The number of amides is 2. The van der Waals surface area contributed by atoms with Crippen molar-refractivity contribution >= 4 is 34.4 Å². The summed E-state index contributed by atoms with van der Waals surface area (Å²) in [5.74, 6) is 0.0887. The molecule has 1 aromatic heterocycles. The first-order chi connectivity index (χ1) is 14.7. The number of aryl methyl sites for hydroxylation is 2. The second-order valence-corrected chi connectivity index (χ2v) is 8.50. The molecule has 9 nitrogen and oxygen atoms in total. The zero-order chi connectivity index (χ0) is 22.7. The second kappa shape index (κ2) is 9.45. The molecule has 0 aliphatic carbocycles. The Balaban J connectivity index is 1.91. The lowest BCUT2D eigenvalue weighted by Crippen LogP contribution is -2.38. The summed E-state index contributed by atoms with van der Waals surface area (Å²) in [4.78, 5) is 39.2. The van der Waals surface area contributed by atoms with Gasteiger partial charge < -0.3 is 20.3 Å². The molecule has 2 amide bonds. The second-order valence-electron chi connectivity index (χ2n) is 8.50. The van der Waals surface area contributed by atoms with E-state index in [9.17, 15) is 14.4 Å². The number of benzene rings is 1. The predicted molar refractivity (Wildman–Crippen MR) is 122 cm³/mol. The van der Waals surface area contributed by atoms with Gasteiger partial charge >= 0.3 is 17.7 Å². The number of esters is 1. The Morgan fingerprint density at radius 1 is 1.13 bits per heavy atom. The minimum absolute atomic E-state index is 0.105. The zero-order valence-corrected chi connectivity index (χ0v) is 19.0. The van der Waals surface area contributed by atoms with Crippen LogP contribution in [0.25, 0.3) is 11.0 Å². The molecule has 0 atom stereocenters. The fourth-order valence-corrected chi connectivity index (χ4v) is 3.98. The number of imidazole rings is 1. The van der Waals surface area contributed by atoms with Crippen molar-refractivity contribution in [1.82, 2.24) is 14.5 Å². The fourth-order valence-electron chi connectivity index (χ4n) is 3.98. The van der Waals surface area contributed by atoms with Crippen LogP contribution in [0.4, 0.5) is 16.2 Å². The average molecular weight is 432 g/mol. The summed E-state index contributed by atoms with van der Waals surface area (Å²) in [5, 5.41) is 5.83. The van der Waals surface area contributed by atoms with Gasteiger partial charge in [-0.2, -0.15) is 0 Å². The highest BCUT2D eigenvalue weighted by molar-refractivity contribution is 5.98. The highest BCUT2D eigenvalue weighted by Crippen LogP contribution is 2.34. The van der Waals surface area contributed by atoms with Gasteiger partial charge in [-0.05, 0) is 37.8 Å². The summed E-state index contributed by atoms with van der Waals surface area (Å²) in [6, 6.07) is 3.51. The summed E-state index contributed by atoms with van der Waals surface area (Å²) in [6.07, 6.45) is 1.37. The first kappa shape index (κ1) is 22.7. The molecule has 0 radical (unpaired) electrons. The lowest BCUT2D eigenvalue weighted by atomic mass is 9.96. The highest BCUT2D eigenvalue weighted by atomic mass is 16.5. The lowest BCUT2D eigenvalue weighted by Gasteiger charge is -2.34. The van der Waals surface area contributed by atoms with E-state index in [1.54, 1.807) is 23.2 Å². The molecular formula is C22H33N5O4. The predicted octanol–water partition coefficient (Wildman–Crippen LogP) is 2.43. The number of fused-ring (bicyclic) bond motifs is 1. The normalized spacial score (nSPS) is 14.8. The monoisotopic (exact) mass is 431 g/mol. The van der Waals surface area contributed by atoms with Crippen molar-refractivity contribution in [2.75, 3.05) is 36.5 Å². The van der Waals surface area contributed by atoms with Gasteiger partial charge in [0.25, 0.3) is 0 Å². The minimum atomic E-state index is -0.281. The smallest absolute Gasteiger partial charge is 0.328 e. The number of aromatic nitrogens is 2. The Morgan fingerprint density at radius 3 is 2.32 bits per heavy atom. The van der Waals surface area contributed by atoms with Gasteiger partial charge in [0, 0.05) is 33.7 Å². The van der Waals surface area contributed by atoms with Crippen LogP contribution >= 0.6 is 0 Å². The number of hydrogen-bond donors (Lipinski definition) is 2. The van der Waals surface area contributed by atoms with Crippen LogP contribution < -0.4 is 21.2 Å². The van der Waals surface area contributed by atoms with Gasteiger partial charge in [0.15, 0.2) is 0 Å². The molecule has 9 heteroatoms. The van der Waals surface area contributed by atoms with Crippen molar-refractivity contribution in [3.05, 3.63) is 22.6 Å². The third-order valence-electron chi connectivity index (χ3n) is 5.76. The summed E-state index contributed by atoms with van der Waals surface area (Å²) in [6.45, 7) is 8.16. The van der Waals surface area contributed by atoms with E-state index in [0.717, 1.165) is 16.7 Å². The molecule has 2 N–H and O–H groups in total. The molecule has 170 valence electrons. The Morgan fingerprint density at radius 2 is 1.74 bits per heavy atom. The van der Waals surface area contributed by atoms with Crippen LogP contribution in [0.5, 0.6) is 0 Å². The van der Waals surface area contributed by atoms with Gasteiger partial charge in [-0.3, -0.25) is 13.9 Å². The van der Waals surface area contributed by atoms with Crippen LogP contribution in [0.2, 0.25) is 0 Å². The van der Waals surface area contributed by atoms with Gasteiger partial charge in [0.1, 0.15) is 0 Å². The number of carbonyl (C=O) groups excluding carboxylic acids is 2. The van der Waals surface area contributed by atoms with Crippen LogP contribution in [0.3, 0.4) is 0 Å². The van der Waals surface area contributed by atoms with Gasteiger partial charge in [-0.1, -0.05) is 13.8 Å². The number of hydrogen-bond acceptors (Lipinski definition) is 5. The van der Waals surface area contributed by atoms with Gasteiger partial charge in [-0.15, -0.1) is 0 Å². The van der Waals surface area contributed by atoms with E-state index in [4.69, 9.17) is 4.74 Å². The molecular weight excluding hydrogens is 398 g/mol. The Hall–Kier alpha value is -2.97. The number of nitrogens with one attached hydrogen (secondary N) is 2. The van der Waals surface area contributed by atoms with E-state index >= 15 is 0 Å². The Labute approximate surface area is 182 Å². The van der Waals surface area contributed by atoms with Crippen LogP contribution in [-0.4, -0.2) is 47.4 Å². The molecule has 1 saturated heterocycles. The lowest BCUT2D eigenvalue weighted by molar-refractivity contribution is -0.148. The molecule has 0 unspecified atom stereocenters. The number of rotatable bonds is 6. The molecule has 31 heavy (non-hydrogen) atoms. The molecule has 1 aromatic carbocycles. The van der Waals surface area contributed by atoms with Crippen molar-refractivity contribution in [2.45, 2.75) is 33.6 Å². The zero-order valence-electron chi connectivity index (χ0n) is 19.0. The van der Waals surface area contributed by atoms with E-state index in [1.165, 1.54) is 0 Å². The van der Waals surface area contributed by atoms with Gasteiger partial charge in [-0.25, -0.2) is 9.59 Å². The number of anilines is 2. The first-order valence-corrected chi connectivity index (χ1v) is 10.9. The van der Waals surface area contributed by atoms with Gasteiger partial charge in [0.2, 0.25) is 0 Å². The fraction of sp³-hybridized carbons (Fsp3) is 0.591. The van der Waals surface area contributed by atoms with Crippen molar-refractivity contribution < 1.29 is 14.3 Å². The number of piperidine rings is 1. The van der Waals surface area contributed by atoms with Crippen molar-refractivity contribution in [3.8, 4) is 0 Å². The molecule has 2 aromatic rings. The number of ether oxygens (including phenoxy) is 1. The summed E-state index contributed by atoms with van der Waals surface area (Å²) in [5.41, 5.74) is 2.91. The summed E-state index contributed by atoms with van der Waals surface area (Å²) >= 11 is 0. The Kier molecular flexibility index (Phi) is 6.92. The van der Waals surface area contributed by atoms with E-state index in [1.807, 2.05) is 32.9 Å². The molecule has 1 aliphatic heterocycles. The summed E-state index contributed by atoms with van der Waals surface area (Å²) in [7, 11) is 3.46. The third-order valence-corrected chi connectivity index (χ3v) is 5.76. The molecule has 3 rings (SSSR count). The highest BCUT2D eigenvalue weighted by Gasteiger charge is 2.28. The SMILES string of the molecule is CCOC(=O)C1CCN(c2cc3c(cc2NC(=O)NCC(C)C)n(C)c(=O)n3C)CC1. The van der Waals surface area contributed by atoms with E-state index in [2.05, 4.69) is 15.5 Å². The number of urea groups is 1. The van der Waals surface area contributed by atoms with Crippen LogP contribution in [0.15, 0.2) is 16.9 Å². The molecule has 0 spiro atoms. The number of nitrogens with zero attached hydrogens (tertiary/aromatic N) is 3. The van der Waals surface area contributed by atoms with Crippen LogP contribution in [-0.2, 0) is 23.6 Å². The minimum Gasteiger partial charge on any atom is -0.466 e. The van der Waals surface area contributed by atoms with Crippen molar-refractivity contribution in [3.63, 3.8) is 0 Å². The van der Waals surface area contributed by atoms with E-state index < -0.39 is 0 Å². The molecule has 0 saturated carbocycles. The standard InChI is InChI=1S/C22H33N5O4/c1-6-31-20(28)15-7-9-27(10-8-15)17-12-19-18(25(4)22(30)26(19)5)11-16(17)24-21(29)23-13-14(2)3/h11-12,14-15H,6-10,13H2,1-5H3,(H2,23,24,29). The molecule has 1 fully saturated rings. The molecule has 1 aliphatic rings. The van der Waals surface area contributed by atoms with Crippen molar-refractivity contribution in [1.29, 1.82) is 0 Å². The van der Waals surface area contributed by atoms with Gasteiger partial charge in [0.05, 0.1) is 34.9 Å². The van der Waals surface area contributed by atoms with Crippen LogP contribution in [0.1, 0.15) is 33.6 Å². The first-order valence-electron chi connectivity index (χ1n) is 10.9. The Bertz CT molecular complexity index is 1020. The topological polar surface area (TPSA) is 97.6 Å². The average Bonchev–Trinajstić information content (AvgIpc) is 2.95. The molecule has 2 heterocycles. The maximum Gasteiger partial charge on any atom is 0.328 e. The number of carbonyl (C=O) groups is 2. The van der Waals surface area contributed by atoms with Crippen molar-refractivity contribution in [2.24, 2.45) is 25.9 Å². The van der Waals surface area contributed by atoms with Crippen LogP contribution in [0, 0.1) is 11.8 Å². The summed E-state index contributed by atoms with van der Waals surface area (Å²) < 4.78 is 8.35. The largest absolute Gasteiger partial charge is 0.466 e.